The van der Waals surface area contributed by atoms with Gasteiger partial charge in [-0.05, 0) is 48.9 Å². The first-order chi connectivity index (χ1) is 16.5. The van der Waals surface area contributed by atoms with Crippen LogP contribution in [0.5, 0.6) is 0 Å². The van der Waals surface area contributed by atoms with Gasteiger partial charge < -0.3 is 4.98 Å². The average molecular weight is 447 g/mol. The smallest absolute Gasteiger partial charge is 0.259 e. The number of aromatic nitrogens is 4. The molecular formula is C27H18FN5O. The Hall–Kier alpha value is -4.83. The molecule has 5 rings (SSSR count). The van der Waals surface area contributed by atoms with Gasteiger partial charge in [-0.25, -0.2) is 14.1 Å². The van der Waals surface area contributed by atoms with Crippen molar-refractivity contribution in [3.8, 4) is 23.0 Å². The van der Waals surface area contributed by atoms with Gasteiger partial charge in [0.15, 0.2) is 5.82 Å². The van der Waals surface area contributed by atoms with Crippen LogP contribution in [0.1, 0.15) is 17.0 Å². The van der Waals surface area contributed by atoms with Gasteiger partial charge in [-0.15, -0.1) is 0 Å². The molecule has 0 saturated carbocycles. The molecule has 2 heterocycles. The summed E-state index contributed by atoms with van der Waals surface area (Å²) in [5.74, 6) is -0.192. The molecule has 0 saturated heterocycles. The number of para-hydroxylation sites is 2. The fourth-order valence-corrected chi connectivity index (χ4v) is 3.69. The minimum absolute atomic E-state index is 0.152. The number of H-pyrrole nitrogens is 1. The van der Waals surface area contributed by atoms with Crippen LogP contribution < -0.4 is 5.56 Å². The van der Waals surface area contributed by atoms with E-state index in [2.05, 4.69) is 21.1 Å². The molecule has 164 valence electrons. The van der Waals surface area contributed by atoms with Crippen molar-refractivity contribution in [3.63, 3.8) is 0 Å². The molecule has 34 heavy (non-hydrogen) atoms. The van der Waals surface area contributed by atoms with Crippen LogP contribution >= 0.6 is 0 Å². The molecule has 0 amide bonds. The number of nitriles is 1. The summed E-state index contributed by atoms with van der Waals surface area (Å²) in [5.41, 5.74) is 3.31. The molecule has 2 aromatic heterocycles. The van der Waals surface area contributed by atoms with Crippen LogP contribution in [-0.2, 0) is 0 Å². The van der Waals surface area contributed by atoms with E-state index in [1.165, 1.54) is 6.07 Å². The topological polar surface area (TPSA) is 87.4 Å². The predicted octanol–water partition coefficient (Wildman–Crippen LogP) is 5.29. The highest BCUT2D eigenvalue weighted by atomic mass is 19.1. The van der Waals surface area contributed by atoms with Crippen molar-refractivity contribution in [2.45, 2.75) is 6.92 Å². The zero-order chi connectivity index (χ0) is 23.7. The van der Waals surface area contributed by atoms with Crippen molar-refractivity contribution in [2.75, 3.05) is 0 Å². The summed E-state index contributed by atoms with van der Waals surface area (Å²) in [6, 6.07) is 23.4. The molecule has 0 unspecified atom stereocenters. The summed E-state index contributed by atoms with van der Waals surface area (Å²) in [6.45, 7) is 1.69. The summed E-state index contributed by atoms with van der Waals surface area (Å²) in [6.07, 6.45) is 3.37. The van der Waals surface area contributed by atoms with Crippen molar-refractivity contribution in [3.05, 3.63) is 112 Å². The number of fused-ring (bicyclic) bond motifs is 1. The number of hydrogen-bond donors (Lipinski definition) is 1. The second kappa shape index (κ2) is 8.60. The van der Waals surface area contributed by atoms with Gasteiger partial charge in [-0.3, -0.25) is 4.79 Å². The van der Waals surface area contributed by atoms with Gasteiger partial charge in [0.2, 0.25) is 0 Å². The molecule has 0 aliphatic heterocycles. The zero-order valence-corrected chi connectivity index (χ0v) is 18.2. The average Bonchev–Trinajstić information content (AvgIpc) is 3.28. The van der Waals surface area contributed by atoms with E-state index in [-0.39, 0.29) is 22.8 Å². The van der Waals surface area contributed by atoms with Crippen LogP contribution in [0.4, 0.5) is 4.39 Å². The Bertz CT molecular complexity index is 1660. The molecule has 0 radical (unpaired) electrons. The molecule has 7 heteroatoms. The number of hydrogen-bond acceptors (Lipinski definition) is 4. The quantitative estimate of drug-likeness (QED) is 0.379. The third kappa shape index (κ3) is 3.89. The maximum absolute atomic E-state index is 14.4. The number of halogens is 1. The lowest BCUT2D eigenvalue weighted by Crippen LogP contribution is -2.11. The van der Waals surface area contributed by atoms with Gasteiger partial charge in [0.1, 0.15) is 17.6 Å². The summed E-state index contributed by atoms with van der Waals surface area (Å²) in [7, 11) is 0. The lowest BCUT2D eigenvalue weighted by molar-refractivity contribution is 0.619. The Morgan fingerprint density at radius 2 is 1.85 bits per heavy atom. The van der Waals surface area contributed by atoms with Gasteiger partial charge in [0, 0.05) is 17.3 Å². The van der Waals surface area contributed by atoms with Crippen molar-refractivity contribution in [1.29, 1.82) is 5.26 Å². The zero-order valence-electron chi connectivity index (χ0n) is 18.2. The number of benzene rings is 3. The van der Waals surface area contributed by atoms with E-state index in [4.69, 9.17) is 0 Å². The van der Waals surface area contributed by atoms with E-state index in [0.29, 0.717) is 33.3 Å². The van der Waals surface area contributed by atoms with Gasteiger partial charge >= 0.3 is 0 Å². The monoisotopic (exact) mass is 447 g/mol. The molecule has 0 aliphatic carbocycles. The Labute approximate surface area is 194 Å². The number of rotatable bonds is 4. The molecule has 0 atom stereocenters. The van der Waals surface area contributed by atoms with E-state index >= 15 is 0 Å². The largest absolute Gasteiger partial charge is 0.305 e. The number of nitrogens with one attached hydrogen (secondary N) is 1. The van der Waals surface area contributed by atoms with Crippen LogP contribution in [0.25, 0.3) is 39.5 Å². The van der Waals surface area contributed by atoms with Crippen LogP contribution in [0.15, 0.2) is 83.8 Å². The van der Waals surface area contributed by atoms with Gasteiger partial charge in [0.05, 0.1) is 22.2 Å². The van der Waals surface area contributed by atoms with Crippen molar-refractivity contribution in [1.82, 2.24) is 19.7 Å². The SMILES string of the molecule is Cc1ccc(-c2nn(-c3ccccc3)cc2/C=C(/C#N)c2nc3ccccc3c(=O)[nH]2)cc1F. The molecule has 5 aromatic rings. The fourth-order valence-electron chi connectivity index (χ4n) is 3.69. The fraction of sp³-hybridized carbons (Fsp3) is 0.0370. The Morgan fingerprint density at radius 3 is 2.62 bits per heavy atom. The van der Waals surface area contributed by atoms with E-state index in [1.807, 2.05) is 30.3 Å². The minimum atomic E-state index is -0.345. The molecular weight excluding hydrogens is 429 g/mol. The standard InChI is InChI=1S/C27H18FN5O/c1-17-11-12-18(14-23(17)28)25-20(16-33(32-25)21-7-3-2-4-8-21)13-19(15-29)26-30-24-10-6-5-9-22(24)27(34)31-26/h2-14,16H,1H3,(H,30,31,34)/b19-13-. The van der Waals surface area contributed by atoms with Gasteiger partial charge in [-0.1, -0.05) is 42.5 Å². The van der Waals surface area contributed by atoms with E-state index in [1.54, 1.807) is 60.3 Å². The van der Waals surface area contributed by atoms with Crippen molar-refractivity contribution >= 4 is 22.6 Å². The molecule has 0 aliphatic rings. The Balaban J connectivity index is 1.70. The summed E-state index contributed by atoms with van der Waals surface area (Å²) in [4.78, 5) is 19.7. The van der Waals surface area contributed by atoms with Crippen LogP contribution in [0.2, 0.25) is 0 Å². The maximum atomic E-state index is 14.4. The minimum Gasteiger partial charge on any atom is -0.305 e. The van der Waals surface area contributed by atoms with Crippen LogP contribution in [0, 0.1) is 24.1 Å². The predicted molar refractivity (Wildman–Crippen MR) is 130 cm³/mol. The Kier molecular flexibility index (Phi) is 5.32. The Morgan fingerprint density at radius 1 is 1.09 bits per heavy atom. The highest BCUT2D eigenvalue weighted by Gasteiger charge is 2.15. The molecule has 0 fully saturated rings. The lowest BCUT2D eigenvalue weighted by Gasteiger charge is -2.04. The van der Waals surface area contributed by atoms with E-state index < -0.39 is 0 Å². The molecule has 0 bridgehead atoms. The number of aromatic amines is 1. The second-order valence-corrected chi connectivity index (χ2v) is 7.78. The molecule has 0 spiro atoms. The number of allylic oxidation sites excluding steroid dienone is 1. The van der Waals surface area contributed by atoms with Gasteiger partial charge in [-0.2, -0.15) is 10.4 Å². The highest BCUT2D eigenvalue weighted by molar-refractivity contribution is 5.91. The maximum Gasteiger partial charge on any atom is 0.259 e. The van der Waals surface area contributed by atoms with E-state index in [0.717, 1.165) is 5.69 Å². The first-order valence-corrected chi connectivity index (χ1v) is 10.6. The third-order valence-electron chi connectivity index (χ3n) is 5.50. The first-order valence-electron chi connectivity index (χ1n) is 10.6. The summed E-state index contributed by atoms with van der Waals surface area (Å²) < 4.78 is 16.0. The molecule has 1 N–H and O–H groups in total. The number of nitrogens with zero attached hydrogens (tertiary/aromatic N) is 4. The second-order valence-electron chi connectivity index (χ2n) is 7.78. The summed E-state index contributed by atoms with van der Waals surface area (Å²) >= 11 is 0. The van der Waals surface area contributed by atoms with Crippen molar-refractivity contribution < 1.29 is 4.39 Å². The summed E-state index contributed by atoms with van der Waals surface area (Å²) in [5, 5.41) is 15.0. The molecule has 3 aromatic carbocycles. The molecule has 6 nitrogen and oxygen atoms in total. The normalized spacial score (nSPS) is 11.5. The third-order valence-corrected chi connectivity index (χ3v) is 5.50. The van der Waals surface area contributed by atoms with E-state index in [9.17, 15) is 14.4 Å². The number of aryl methyl sites for hydroxylation is 1. The van der Waals surface area contributed by atoms with Crippen LogP contribution in [0.3, 0.4) is 0 Å². The van der Waals surface area contributed by atoms with Crippen molar-refractivity contribution in [2.24, 2.45) is 0 Å². The lowest BCUT2D eigenvalue weighted by atomic mass is 10.0. The van der Waals surface area contributed by atoms with Crippen LogP contribution in [-0.4, -0.2) is 19.7 Å². The first kappa shape index (κ1) is 21.0. The highest BCUT2D eigenvalue weighted by Crippen LogP contribution is 2.28. The van der Waals surface area contributed by atoms with Gasteiger partial charge in [0.25, 0.3) is 5.56 Å².